The van der Waals surface area contributed by atoms with Crippen molar-refractivity contribution in [3.63, 3.8) is 0 Å². The number of H-pyrrole nitrogens is 1. The number of aromatic nitrogens is 2. The van der Waals surface area contributed by atoms with Gasteiger partial charge in [0.05, 0.1) is 27.7 Å². The van der Waals surface area contributed by atoms with Crippen molar-refractivity contribution >= 4 is 34.6 Å². The van der Waals surface area contributed by atoms with Crippen LogP contribution in [-0.4, -0.2) is 33.1 Å². The Labute approximate surface area is 132 Å². The zero-order valence-electron chi connectivity index (χ0n) is 11.4. The number of anilines is 1. The number of aromatic amines is 1. The quantitative estimate of drug-likeness (QED) is 0.623. The van der Waals surface area contributed by atoms with E-state index in [9.17, 15) is 25.0 Å². The number of nitrogens with one attached hydrogen (secondary N) is 2. The zero-order chi connectivity index (χ0) is 17.1. The molecule has 11 nitrogen and oxygen atoms in total. The monoisotopic (exact) mass is 341 g/mol. The van der Waals surface area contributed by atoms with Gasteiger partial charge in [0, 0.05) is 12.1 Å². The molecule has 23 heavy (non-hydrogen) atoms. The van der Waals surface area contributed by atoms with Gasteiger partial charge < -0.3 is 10.1 Å². The number of nitrogens with zero attached hydrogens (tertiary/aromatic N) is 3. The maximum atomic E-state index is 12.1. The largest absolute Gasteiger partial charge is 0.475 e. The minimum atomic E-state index is -0.949. The van der Waals surface area contributed by atoms with Crippen LogP contribution in [-0.2, 0) is 0 Å². The van der Waals surface area contributed by atoms with Crippen LogP contribution in [0.2, 0.25) is 5.02 Å². The summed E-state index contributed by atoms with van der Waals surface area (Å²) in [4.78, 5) is 32.4. The summed E-state index contributed by atoms with van der Waals surface area (Å²) in [5.41, 5.74) is -1.52. The Kier molecular flexibility index (Phi) is 4.41. The summed E-state index contributed by atoms with van der Waals surface area (Å²) >= 11 is 5.85. The number of hydrogen-bond donors (Lipinski definition) is 2. The van der Waals surface area contributed by atoms with Gasteiger partial charge in [0.2, 0.25) is 5.69 Å². The topological polar surface area (TPSA) is 153 Å². The Hall–Kier alpha value is -3.21. The SMILES string of the molecule is COc1n[nH]c(C(=O)Nc2cc([N+](=O)[O-])ccc2Cl)c1[N+](=O)[O-]. The van der Waals surface area contributed by atoms with E-state index in [2.05, 4.69) is 20.3 Å². The number of nitro benzene ring substituents is 1. The number of non-ortho nitro benzene ring substituents is 1. The third-order valence-electron chi connectivity index (χ3n) is 2.72. The van der Waals surface area contributed by atoms with Gasteiger partial charge in [0.1, 0.15) is 0 Å². The number of benzene rings is 1. The summed E-state index contributed by atoms with van der Waals surface area (Å²) in [5, 5.41) is 29.7. The summed E-state index contributed by atoms with van der Waals surface area (Å²) in [6.07, 6.45) is 0. The molecule has 12 heteroatoms. The highest BCUT2D eigenvalue weighted by Gasteiger charge is 2.30. The molecule has 2 N–H and O–H groups in total. The average Bonchev–Trinajstić information content (AvgIpc) is 2.93. The average molecular weight is 342 g/mol. The fourth-order valence-corrected chi connectivity index (χ4v) is 1.86. The van der Waals surface area contributed by atoms with Crippen molar-refractivity contribution in [2.75, 3.05) is 12.4 Å². The van der Waals surface area contributed by atoms with Gasteiger partial charge >= 0.3 is 11.6 Å². The zero-order valence-corrected chi connectivity index (χ0v) is 12.2. The Balaban J connectivity index is 2.37. The number of carbonyl (C=O) groups is 1. The van der Waals surface area contributed by atoms with Gasteiger partial charge in [-0.2, -0.15) is 0 Å². The van der Waals surface area contributed by atoms with E-state index >= 15 is 0 Å². The maximum Gasteiger partial charge on any atom is 0.362 e. The van der Waals surface area contributed by atoms with Gasteiger partial charge in [-0.1, -0.05) is 11.6 Å². The Morgan fingerprint density at radius 3 is 2.61 bits per heavy atom. The van der Waals surface area contributed by atoms with E-state index in [1.807, 2.05) is 0 Å². The second kappa shape index (κ2) is 6.27. The smallest absolute Gasteiger partial charge is 0.362 e. The molecule has 0 fully saturated rings. The molecule has 1 aromatic carbocycles. The van der Waals surface area contributed by atoms with Crippen LogP contribution in [0.3, 0.4) is 0 Å². The second-order valence-corrected chi connectivity index (χ2v) is 4.50. The molecule has 0 bridgehead atoms. The number of hydrogen-bond acceptors (Lipinski definition) is 7. The standard InChI is InChI=1S/C11H8ClN5O6/c1-23-11-9(17(21)22)8(14-15-11)10(18)13-7-4-5(16(19)20)2-3-6(7)12/h2-4H,1H3,(H,13,18)(H,14,15). The van der Waals surface area contributed by atoms with Gasteiger partial charge in [0.15, 0.2) is 0 Å². The van der Waals surface area contributed by atoms with E-state index in [0.29, 0.717) is 0 Å². The fraction of sp³-hybridized carbons (Fsp3) is 0.0909. The van der Waals surface area contributed by atoms with Gasteiger partial charge in [-0.25, -0.2) is 0 Å². The third-order valence-corrected chi connectivity index (χ3v) is 3.05. The highest BCUT2D eigenvalue weighted by Crippen LogP contribution is 2.30. The van der Waals surface area contributed by atoms with Gasteiger partial charge in [0.25, 0.3) is 11.6 Å². The molecule has 0 radical (unpaired) electrons. The van der Waals surface area contributed by atoms with Crippen molar-refractivity contribution in [3.8, 4) is 5.88 Å². The lowest BCUT2D eigenvalue weighted by Gasteiger charge is -2.05. The van der Waals surface area contributed by atoms with Gasteiger partial charge in [-0.05, 0) is 6.07 Å². The predicted molar refractivity (Wildman–Crippen MR) is 77.9 cm³/mol. The van der Waals surface area contributed by atoms with E-state index in [1.165, 1.54) is 6.07 Å². The van der Waals surface area contributed by atoms with Crippen LogP contribution in [0, 0.1) is 20.2 Å². The van der Waals surface area contributed by atoms with Crippen LogP contribution in [0.5, 0.6) is 5.88 Å². The van der Waals surface area contributed by atoms with Gasteiger partial charge in [-0.3, -0.25) is 30.1 Å². The molecule has 0 saturated carbocycles. The predicted octanol–water partition coefficient (Wildman–Crippen LogP) is 2.14. The summed E-state index contributed by atoms with van der Waals surface area (Å²) in [7, 11) is 1.16. The number of amides is 1. The van der Waals surface area contributed by atoms with Crippen molar-refractivity contribution in [3.05, 3.63) is 49.1 Å². The summed E-state index contributed by atoms with van der Waals surface area (Å²) in [5.74, 6) is -1.32. The minimum absolute atomic E-state index is 0.0260. The first kappa shape index (κ1) is 16.2. The highest BCUT2D eigenvalue weighted by molar-refractivity contribution is 6.34. The van der Waals surface area contributed by atoms with Crippen LogP contribution in [0.25, 0.3) is 0 Å². The molecular weight excluding hydrogens is 334 g/mol. The molecule has 0 aliphatic rings. The summed E-state index contributed by atoms with van der Waals surface area (Å²) < 4.78 is 4.68. The molecule has 0 aliphatic heterocycles. The molecule has 0 saturated heterocycles. The van der Waals surface area contributed by atoms with Crippen LogP contribution in [0.1, 0.15) is 10.5 Å². The lowest BCUT2D eigenvalue weighted by molar-refractivity contribution is -0.386. The van der Waals surface area contributed by atoms with E-state index < -0.39 is 27.1 Å². The molecule has 1 heterocycles. The van der Waals surface area contributed by atoms with Crippen molar-refractivity contribution in [1.29, 1.82) is 0 Å². The number of methoxy groups -OCH3 is 1. The highest BCUT2D eigenvalue weighted by atomic mass is 35.5. The molecule has 0 atom stereocenters. The Bertz CT molecular complexity index is 804. The molecule has 2 rings (SSSR count). The molecule has 0 aliphatic carbocycles. The number of nitro groups is 2. The molecule has 120 valence electrons. The number of rotatable bonds is 5. The van der Waals surface area contributed by atoms with Crippen molar-refractivity contribution in [2.45, 2.75) is 0 Å². The molecule has 0 spiro atoms. The lowest BCUT2D eigenvalue weighted by Crippen LogP contribution is -2.14. The summed E-state index contributed by atoms with van der Waals surface area (Å²) in [6.45, 7) is 0. The van der Waals surface area contributed by atoms with E-state index in [-0.39, 0.29) is 22.3 Å². The van der Waals surface area contributed by atoms with Crippen LogP contribution in [0.4, 0.5) is 17.1 Å². The number of halogens is 1. The van der Waals surface area contributed by atoms with E-state index in [4.69, 9.17) is 11.6 Å². The number of ether oxygens (including phenoxy) is 1. The first-order chi connectivity index (χ1) is 10.8. The molecule has 0 unspecified atom stereocenters. The van der Waals surface area contributed by atoms with Crippen LogP contribution < -0.4 is 10.1 Å². The first-order valence-electron chi connectivity index (χ1n) is 5.87. The van der Waals surface area contributed by atoms with Crippen molar-refractivity contribution in [1.82, 2.24) is 10.2 Å². The van der Waals surface area contributed by atoms with E-state index in [1.54, 1.807) is 0 Å². The Morgan fingerprint density at radius 1 is 1.35 bits per heavy atom. The third kappa shape index (κ3) is 3.18. The maximum absolute atomic E-state index is 12.1. The van der Waals surface area contributed by atoms with Crippen molar-refractivity contribution < 1.29 is 19.4 Å². The fourth-order valence-electron chi connectivity index (χ4n) is 1.70. The number of carbonyl (C=O) groups excluding carboxylic acids is 1. The molecule has 1 amide bonds. The normalized spacial score (nSPS) is 10.2. The lowest BCUT2D eigenvalue weighted by atomic mass is 10.2. The van der Waals surface area contributed by atoms with E-state index in [0.717, 1.165) is 19.2 Å². The molecule has 2 aromatic rings. The van der Waals surface area contributed by atoms with Crippen LogP contribution >= 0.6 is 11.6 Å². The van der Waals surface area contributed by atoms with Gasteiger partial charge in [-0.15, -0.1) is 5.10 Å². The second-order valence-electron chi connectivity index (χ2n) is 4.09. The van der Waals surface area contributed by atoms with Crippen LogP contribution in [0.15, 0.2) is 18.2 Å². The van der Waals surface area contributed by atoms with Crippen molar-refractivity contribution in [2.24, 2.45) is 0 Å². The first-order valence-corrected chi connectivity index (χ1v) is 6.25. The Morgan fingerprint density at radius 2 is 2.04 bits per heavy atom. The summed E-state index contributed by atoms with van der Waals surface area (Å²) in [6, 6.07) is 3.40. The molecular formula is C11H8ClN5O6. The minimum Gasteiger partial charge on any atom is -0.475 e. The molecule has 1 aromatic heterocycles.